The lowest BCUT2D eigenvalue weighted by atomic mass is 10.1. The Balaban J connectivity index is 3.59. The number of benzene rings is 1. The van der Waals surface area contributed by atoms with Gasteiger partial charge in [-0.25, -0.2) is 8.42 Å². The van der Waals surface area contributed by atoms with Crippen molar-refractivity contribution in [3.05, 3.63) is 23.3 Å². The fourth-order valence-corrected chi connectivity index (χ4v) is 2.96. The van der Waals surface area contributed by atoms with Crippen LogP contribution in [0.15, 0.2) is 17.0 Å². The van der Waals surface area contributed by atoms with Crippen molar-refractivity contribution in [1.29, 1.82) is 5.26 Å². The van der Waals surface area contributed by atoms with Crippen LogP contribution in [0, 0.1) is 11.3 Å². The first-order valence-electron chi connectivity index (χ1n) is 4.76. The van der Waals surface area contributed by atoms with Gasteiger partial charge in [0.05, 0.1) is 5.56 Å². The summed E-state index contributed by atoms with van der Waals surface area (Å²) in [7, 11) is 0.991. The van der Waals surface area contributed by atoms with E-state index in [9.17, 15) is 17.2 Å². The third kappa shape index (κ3) is 3.09. The molecular weight excluding hydrogens is 288 g/mol. The third-order valence-corrected chi connectivity index (χ3v) is 3.57. The molecule has 8 heteroatoms. The number of alkyl halides is 2. The first-order chi connectivity index (χ1) is 8.31. The van der Waals surface area contributed by atoms with Crippen LogP contribution in [0.4, 0.5) is 8.78 Å². The van der Waals surface area contributed by atoms with E-state index in [2.05, 4.69) is 4.74 Å². The average molecular weight is 296 g/mol. The van der Waals surface area contributed by atoms with E-state index < -0.39 is 20.6 Å². The lowest BCUT2D eigenvalue weighted by Crippen LogP contribution is -2.08. The molecule has 0 aliphatic carbocycles. The van der Waals surface area contributed by atoms with Crippen molar-refractivity contribution in [2.45, 2.75) is 24.9 Å². The number of ether oxygens (including phenoxy) is 1. The van der Waals surface area contributed by atoms with Crippen LogP contribution < -0.4 is 4.74 Å². The molecule has 1 rings (SSSR count). The predicted molar refractivity (Wildman–Crippen MR) is 60.2 cm³/mol. The summed E-state index contributed by atoms with van der Waals surface area (Å²) in [5.41, 5.74) is -0.243. The summed E-state index contributed by atoms with van der Waals surface area (Å²) in [6, 6.07) is 3.85. The number of hydrogen-bond donors (Lipinski definition) is 0. The van der Waals surface area contributed by atoms with Crippen LogP contribution in [0.5, 0.6) is 5.75 Å². The normalized spacial score (nSPS) is 11.3. The highest BCUT2D eigenvalue weighted by atomic mass is 35.7. The molecule has 0 aromatic heterocycles. The van der Waals surface area contributed by atoms with Gasteiger partial charge < -0.3 is 4.74 Å². The topological polar surface area (TPSA) is 67.2 Å². The zero-order chi connectivity index (χ0) is 13.9. The van der Waals surface area contributed by atoms with E-state index in [1.807, 2.05) is 0 Å². The quantitative estimate of drug-likeness (QED) is 0.801. The second-order valence-corrected chi connectivity index (χ2v) is 5.70. The van der Waals surface area contributed by atoms with Gasteiger partial charge in [-0.05, 0) is 18.6 Å². The van der Waals surface area contributed by atoms with Gasteiger partial charge in [0.2, 0.25) is 0 Å². The van der Waals surface area contributed by atoms with Crippen molar-refractivity contribution in [2.24, 2.45) is 0 Å². The highest BCUT2D eigenvalue weighted by Crippen LogP contribution is 2.32. The predicted octanol–water partition coefficient (Wildman–Crippen LogP) is 2.65. The number of nitriles is 1. The molecule has 0 atom stereocenters. The fraction of sp³-hybridized carbons (Fsp3) is 0.300. The molecule has 0 spiro atoms. The Hall–Kier alpha value is -1.39. The van der Waals surface area contributed by atoms with Gasteiger partial charge in [-0.15, -0.1) is 0 Å². The van der Waals surface area contributed by atoms with Crippen LogP contribution in [0.2, 0.25) is 0 Å². The molecule has 1 aromatic carbocycles. The molecule has 0 fully saturated rings. The Morgan fingerprint density at radius 3 is 2.50 bits per heavy atom. The Morgan fingerprint density at radius 2 is 2.11 bits per heavy atom. The molecule has 1 aromatic rings. The molecule has 4 nitrogen and oxygen atoms in total. The van der Waals surface area contributed by atoms with E-state index in [1.165, 1.54) is 0 Å². The zero-order valence-electron chi connectivity index (χ0n) is 9.15. The lowest BCUT2D eigenvalue weighted by Gasteiger charge is -2.13. The van der Waals surface area contributed by atoms with Crippen LogP contribution >= 0.6 is 10.7 Å². The molecular formula is C10H8ClF2NO3S. The summed E-state index contributed by atoms with van der Waals surface area (Å²) in [5, 5.41) is 8.81. The van der Waals surface area contributed by atoms with Gasteiger partial charge in [0.25, 0.3) is 9.05 Å². The minimum absolute atomic E-state index is 0.0376. The van der Waals surface area contributed by atoms with Gasteiger partial charge in [-0.2, -0.15) is 14.0 Å². The van der Waals surface area contributed by atoms with Crippen LogP contribution in [0.1, 0.15) is 18.1 Å². The number of halogens is 3. The Kier molecular flexibility index (Phi) is 4.48. The number of rotatable bonds is 4. The van der Waals surface area contributed by atoms with E-state index in [4.69, 9.17) is 15.9 Å². The van der Waals surface area contributed by atoms with E-state index in [-0.39, 0.29) is 23.3 Å². The van der Waals surface area contributed by atoms with Crippen molar-refractivity contribution < 1.29 is 21.9 Å². The minimum Gasteiger partial charge on any atom is -0.434 e. The minimum atomic E-state index is -4.22. The Bertz CT molecular complexity index is 596. The zero-order valence-corrected chi connectivity index (χ0v) is 10.7. The molecule has 0 saturated heterocycles. The molecule has 0 amide bonds. The fourth-order valence-electron chi connectivity index (χ4n) is 1.52. The van der Waals surface area contributed by atoms with Crippen LogP contribution in [-0.4, -0.2) is 15.0 Å². The second-order valence-electron chi connectivity index (χ2n) is 3.20. The third-order valence-electron chi connectivity index (χ3n) is 2.15. The highest BCUT2D eigenvalue weighted by molar-refractivity contribution is 8.13. The largest absolute Gasteiger partial charge is 0.434 e. The monoisotopic (exact) mass is 295 g/mol. The van der Waals surface area contributed by atoms with Gasteiger partial charge in [-0.3, -0.25) is 0 Å². The first kappa shape index (κ1) is 14.7. The van der Waals surface area contributed by atoms with Crippen LogP contribution in [0.25, 0.3) is 0 Å². The van der Waals surface area contributed by atoms with Crippen molar-refractivity contribution in [2.75, 3.05) is 0 Å². The molecule has 98 valence electrons. The van der Waals surface area contributed by atoms with E-state index in [0.29, 0.717) is 0 Å². The highest BCUT2D eigenvalue weighted by Gasteiger charge is 2.24. The summed E-state index contributed by atoms with van der Waals surface area (Å²) >= 11 is 0. The summed E-state index contributed by atoms with van der Waals surface area (Å²) in [5.74, 6) is -0.300. The first-order valence-corrected chi connectivity index (χ1v) is 7.07. The van der Waals surface area contributed by atoms with E-state index >= 15 is 0 Å². The van der Waals surface area contributed by atoms with Gasteiger partial charge >= 0.3 is 6.61 Å². The second kappa shape index (κ2) is 5.50. The van der Waals surface area contributed by atoms with Crippen molar-refractivity contribution in [3.63, 3.8) is 0 Å². The van der Waals surface area contributed by atoms with Gasteiger partial charge in [0.15, 0.2) is 0 Å². The summed E-state index contributed by atoms with van der Waals surface area (Å²) in [4.78, 5) is -0.479. The smallest absolute Gasteiger partial charge is 0.387 e. The standard InChI is InChI=1S/C10H8ClF2NO3S/c1-2-7-8(17-10(12)13)4-3-6(5-14)9(7)18(11,15)16/h3-4,10H,2H2,1H3. The lowest BCUT2D eigenvalue weighted by molar-refractivity contribution is -0.0506. The molecule has 0 heterocycles. The molecule has 18 heavy (non-hydrogen) atoms. The van der Waals surface area contributed by atoms with Crippen molar-refractivity contribution in [3.8, 4) is 11.8 Å². The summed E-state index contributed by atoms with van der Waals surface area (Å²) in [6.45, 7) is -1.55. The average Bonchev–Trinajstić information content (AvgIpc) is 2.26. The van der Waals surface area contributed by atoms with Crippen molar-refractivity contribution >= 4 is 19.7 Å². The maximum absolute atomic E-state index is 12.2. The summed E-state index contributed by atoms with van der Waals surface area (Å²) < 4.78 is 51.4. The van der Waals surface area contributed by atoms with Gasteiger partial charge in [0, 0.05) is 16.2 Å². The molecule has 0 N–H and O–H groups in total. The molecule has 0 aliphatic rings. The maximum atomic E-state index is 12.2. The SMILES string of the molecule is CCc1c(OC(F)F)ccc(C#N)c1S(=O)(=O)Cl. The summed E-state index contributed by atoms with van der Waals surface area (Å²) in [6.07, 6.45) is 0.0822. The van der Waals surface area contributed by atoms with Crippen LogP contribution in [-0.2, 0) is 15.5 Å². The van der Waals surface area contributed by atoms with E-state index in [0.717, 1.165) is 12.1 Å². The van der Waals surface area contributed by atoms with Crippen LogP contribution in [0.3, 0.4) is 0 Å². The Morgan fingerprint density at radius 1 is 1.50 bits per heavy atom. The van der Waals surface area contributed by atoms with Crippen molar-refractivity contribution in [1.82, 2.24) is 0 Å². The number of nitrogens with zero attached hydrogens (tertiary/aromatic N) is 1. The molecule has 0 aliphatic heterocycles. The van der Waals surface area contributed by atoms with Gasteiger partial charge in [0.1, 0.15) is 16.7 Å². The van der Waals surface area contributed by atoms with Gasteiger partial charge in [-0.1, -0.05) is 6.92 Å². The molecule has 0 unspecified atom stereocenters. The molecule has 0 radical (unpaired) electrons. The molecule has 0 saturated carbocycles. The van der Waals surface area contributed by atoms with E-state index in [1.54, 1.807) is 13.0 Å². The maximum Gasteiger partial charge on any atom is 0.387 e. The number of hydrogen-bond acceptors (Lipinski definition) is 4. The Labute approximate surface area is 107 Å². The molecule has 0 bridgehead atoms.